The van der Waals surface area contributed by atoms with Gasteiger partial charge in [0.25, 0.3) is 5.69 Å². The van der Waals surface area contributed by atoms with Gasteiger partial charge in [0.2, 0.25) is 0 Å². The first-order valence-electron chi connectivity index (χ1n) is 5.53. The highest BCUT2D eigenvalue weighted by molar-refractivity contribution is 7.99. The van der Waals surface area contributed by atoms with Crippen molar-refractivity contribution in [1.29, 1.82) is 0 Å². The Labute approximate surface area is 121 Å². The van der Waals surface area contributed by atoms with E-state index in [-0.39, 0.29) is 15.4 Å². The highest BCUT2D eigenvalue weighted by Crippen LogP contribution is 2.34. The molecular formula is C13H7F2NO4S. The zero-order chi connectivity index (χ0) is 15.6. The van der Waals surface area contributed by atoms with E-state index >= 15 is 0 Å². The average molecular weight is 311 g/mol. The summed E-state index contributed by atoms with van der Waals surface area (Å²) in [6.07, 6.45) is 0. The van der Waals surface area contributed by atoms with Crippen LogP contribution in [0.5, 0.6) is 0 Å². The molecule has 0 atom stereocenters. The van der Waals surface area contributed by atoms with Crippen molar-refractivity contribution < 1.29 is 23.6 Å². The molecule has 108 valence electrons. The van der Waals surface area contributed by atoms with Crippen molar-refractivity contribution >= 4 is 23.4 Å². The van der Waals surface area contributed by atoms with Gasteiger partial charge in [0, 0.05) is 17.0 Å². The molecule has 21 heavy (non-hydrogen) atoms. The van der Waals surface area contributed by atoms with Gasteiger partial charge in [-0.15, -0.1) is 0 Å². The molecule has 0 aromatic heterocycles. The van der Waals surface area contributed by atoms with Crippen molar-refractivity contribution in [2.24, 2.45) is 0 Å². The monoisotopic (exact) mass is 311 g/mol. The lowest BCUT2D eigenvalue weighted by Gasteiger charge is -2.07. The molecule has 0 aliphatic rings. The predicted octanol–water partition coefficient (Wildman–Crippen LogP) is 3.72. The first kappa shape index (κ1) is 14.9. The van der Waals surface area contributed by atoms with Crippen molar-refractivity contribution in [1.82, 2.24) is 0 Å². The Morgan fingerprint density at radius 1 is 1.14 bits per heavy atom. The smallest absolute Gasteiger partial charge is 0.337 e. The van der Waals surface area contributed by atoms with Crippen LogP contribution in [-0.2, 0) is 0 Å². The fourth-order valence-corrected chi connectivity index (χ4v) is 2.53. The van der Waals surface area contributed by atoms with Gasteiger partial charge in [-0.05, 0) is 24.3 Å². The Hall–Kier alpha value is -2.48. The van der Waals surface area contributed by atoms with Gasteiger partial charge in [-0.25, -0.2) is 13.6 Å². The van der Waals surface area contributed by atoms with Crippen molar-refractivity contribution in [3.05, 3.63) is 63.7 Å². The number of nitro groups is 1. The van der Waals surface area contributed by atoms with Crippen molar-refractivity contribution in [2.45, 2.75) is 9.79 Å². The second-order valence-corrected chi connectivity index (χ2v) is 5.00. The maximum absolute atomic E-state index is 13.6. The maximum Gasteiger partial charge on any atom is 0.337 e. The molecule has 0 unspecified atom stereocenters. The van der Waals surface area contributed by atoms with Crippen LogP contribution in [0.3, 0.4) is 0 Å². The van der Waals surface area contributed by atoms with E-state index in [2.05, 4.69) is 0 Å². The normalized spacial score (nSPS) is 10.4. The molecule has 1 N–H and O–H groups in total. The number of nitrogens with zero attached hydrogens (tertiary/aromatic N) is 1. The zero-order valence-corrected chi connectivity index (χ0v) is 11.1. The number of carboxylic acid groups (broad SMARTS) is 1. The Balaban J connectivity index is 2.46. The third-order valence-corrected chi connectivity index (χ3v) is 3.63. The molecule has 0 saturated heterocycles. The van der Waals surface area contributed by atoms with Crippen LogP contribution in [0.15, 0.2) is 46.2 Å². The van der Waals surface area contributed by atoms with E-state index in [0.29, 0.717) is 11.8 Å². The average Bonchev–Trinajstić information content (AvgIpc) is 2.42. The minimum Gasteiger partial charge on any atom is -0.478 e. The number of halogens is 2. The summed E-state index contributed by atoms with van der Waals surface area (Å²) < 4.78 is 26.6. The molecule has 0 saturated carbocycles. The van der Waals surface area contributed by atoms with Crippen LogP contribution in [0.25, 0.3) is 0 Å². The topological polar surface area (TPSA) is 80.4 Å². The lowest BCUT2D eigenvalue weighted by molar-refractivity contribution is -0.384. The highest BCUT2D eigenvalue weighted by Gasteiger charge is 2.18. The molecule has 0 aliphatic heterocycles. The number of non-ortho nitro benzene ring substituents is 1. The quantitative estimate of drug-likeness (QED) is 0.687. The first-order chi connectivity index (χ1) is 9.88. The Morgan fingerprint density at radius 3 is 2.48 bits per heavy atom. The number of hydrogen-bond donors (Lipinski definition) is 1. The Bertz CT molecular complexity index is 736. The predicted molar refractivity (Wildman–Crippen MR) is 70.5 cm³/mol. The van der Waals surface area contributed by atoms with E-state index in [1.165, 1.54) is 6.07 Å². The summed E-state index contributed by atoms with van der Waals surface area (Å²) in [7, 11) is 0. The number of carboxylic acids is 1. The molecular weight excluding hydrogens is 304 g/mol. The Morgan fingerprint density at radius 2 is 1.86 bits per heavy atom. The first-order valence-corrected chi connectivity index (χ1v) is 6.35. The Kier molecular flexibility index (Phi) is 4.18. The van der Waals surface area contributed by atoms with Gasteiger partial charge in [-0.1, -0.05) is 11.8 Å². The van der Waals surface area contributed by atoms with Gasteiger partial charge in [0.1, 0.15) is 11.6 Å². The summed E-state index contributed by atoms with van der Waals surface area (Å²) in [6, 6.07) is 5.95. The fourth-order valence-electron chi connectivity index (χ4n) is 1.56. The van der Waals surface area contributed by atoms with Crippen LogP contribution in [0, 0.1) is 21.7 Å². The maximum atomic E-state index is 13.6. The lowest BCUT2D eigenvalue weighted by atomic mass is 10.2. The second-order valence-electron chi connectivity index (χ2n) is 3.92. The van der Waals surface area contributed by atoms with Crippen molar-refractivity contribution in [3.63, 3.8) is 0 Å². The molecule has 0 bridgehead atoms. The number of carbonyl (C=O) groups is 1. The van der Waals surface area contributed by atoms with Crippen molar-refractivity contribution in [3.8, 4) is 0 Å². The van der Waals surface area contributed by atoms with E-state index in [1.807, 2.05) is 0 Å². The second kappa shape index (κ2) is 5.88. The van der Waals surface area contributed by atoms with E-state index in [1.54, 1.807) is 0 Å². The zero-order valence-electron chi connectivity index (χ0n) is 10.2. The third-order valence-electron chi connectivity index (χ3n) is 2.52. The minimum atomic E-state index is -1.39. The summed E-state index contributed by atoms with van der Waals surface area (Å²) in [5.41, 5.74) is -0.741. The molecule has 0 spiro atoms. The summed E-state index contributed by atoms with van der Waals surface area (Å²) in [5.74, 6) is -2.77. The van der Waals surface area contributed by atoms with Gasteiger partial charge in [0.15, 0.2) is 0 Å². The minimum absolute atomic E-state index is 0.0811. The van der Waals surface area contributed by atoms with E-state index in [0.717, 1.165) is 30.3 Å². The molecule has 2 aromatic rings. The largest absolute Gasteiger partial charge is 0.478 e. The summed E-state index contributed by atoms with van der Waals surface area (Å²) >= 11 is 0.685. The molecule has 0 fully saturated rings. The summed E-state index contributed by atoms with van der Waals surface area (Å²) in [4.78, 5) is 21.0. The molecule has 5 nitrogen and oxygen atoms in total. The number of hydrogen-bond acceptors (Lipinski definition) is 4. The van der Waals surface area contributed by atoms with E-state index in [9.17, 15) is 23.7 Å². The standard InChI is InChI=1S/C13H7F2NO4S/c14-7-1-3-10(15)12(5-7)21-11-4-2-8(16(19)20)6-9(11)13(17)18/h1-6H,(H,17,18). The van der Waals surface area contributed by atoms with Crippen LogP contribution in [0.4, 0.5) is 14.5 Å². The highest BCUT2D eigenvalue weighted by atomic mass is 32.2. The SMILES string of the molecule is O=C(O)c1cc([N+](=O)[O-])ccc1Sc1cc(F)ccc1F. The molecule has 0 radical (unpaired) electrons. The van der Waals surface area contributed by atoms with Gasteiger partial charge in [0.05, 0.1) is 15.4 Å². The molecule has 8 heteroatoms. The van der Waals surface area contributed by atoms with E-state index < -0.39 is 28.2 Å². The van der Waals surface area contributed by atoms with Crippen LogP contribution < -0.4 is 0 Å². The lowest BCUT2D eigenvalue weighted by Crippen LogP contribution is -2.01. The van der Waals surface area contributed by atoms with Crippen LogP contribution in [-0.4, -0.2) is 16.0 Å². The van der Waals surface area contributed by atoms with Gasteiger partial charge < -0.3 is 5.11 Å². The van der Waals surface area contributed by atoms with Crippen LogP contribution in [0.1, 0.15) is 10.4 Å². The molecule has 2 aromatic carbocycles. The molecule has 2 rings (SSSR count). The van der Waals surface area contributed by atoms with Gasteiger partial charge in [-0.3, -0.25) is 10.1 Å². The van der Waals surface area contributed by atoms with Gasteiger partial charge in [-0.2, -0.15) is 0 Å². The number of benzene rings is 2. The molecule has 0 amide bonds. The third kappa shape index (κ3) is 3.34. The molecule has 0 heterocycles. The summed E-state index contributed by atoms with van der Waals surface area (Å²) in [6.45, 7) is 0. The summed E-state index contributed by atoms with van der Waals surface area (Å²) in [5, 5.41) is 19.7. The number of rotatable bonds is 4. The van der Waals surface area contributed by atoms with E-state index in [4.69, 9.17) is 5.11 Å². The van der Waals surface area contributed by atoms with Gasteiger partial charge >= 0.3 is 5.97 Å². The fraction of sp³-hybridized carbons (Fsp3) is 0. The number of aromatic carboxylic acids is 1. The van der Waals surface area contributed by atoms with Crippen LogP contribution in [0.2, 0.25) is 0 Å². The molecule has 0 aliphatic carbocycles. The number of nitro benzene ring substituents is 1. The van der Waals surface area contributed by atoms with Crippen molar-refractivity contribution in [2.75, 3.05) is 0 Å². The van der Waals surface area contributed by atoms with Crippen LogP contribution >= 0.6 is 11.8 Å².